The minimum atomic E-state index is -0.807. The van der Waals surface area contributed by atoms with E-state index < -0.39 is 12.1 Å². The topological polar surface area (TPSA) is 78.9 Å². The van der Waals surface area contributed by atoms with Crippen molar-refractivity contribution in [3.05, 3.63) is 60.8 Å². The fraction of sp³-hybridized carbons (Fsp3) is 0.772. The zero-order valence-corrected chi connectivity index (χ0v) is 41.6. The second-order valence-corrected chi connectivity index (χ2v) is 17.8. The van der Waals surface area contributed by atoms with Crippen LogP contribution in [0.5, 0.6) is 0 Å². The normalized spacial score (nSPS) is 12.5. The van der Waals surface area contributed by atoms with Gasteiger partial charge in [-0.2, -0.15) is 0 Å². The van der Waals surface area contributed by atoms with E-state index in [-0.39, 0.29) is 31.6 Å². The van der Waals surface area contributed by atoms with E-state index in [2.05, 4.69) is 69.4 Å². The summed E-state index contributed by atoms with van der Waals surface area (Å²) in [6.45, 7) is 6.42. The maximum absolute atomic E-state index is 12.8. The van der Waals surface area contributed by atoms with Gasteiger partial charge in [-0.25, -0.2) is 0 Å². The van der Waals surface area contributed by atoms with Crippen molar-refractivity contribution in [2.45, 2.75) is 271 Å². The lowest BCUT2D eigenvalue weighted by molar-refractivity contribution is -0.166. The van der Waals surface area contributed by atoms with Gasteiger partial charge in [0.15, 0.2) is 6.10 Å². The summed E-state index contributed by atoms with van der Waals surface area (Å²) in [6.07, 6.45) is 63.9. The van der Waals surface area contributed by atoms with Crippen LogP contribution in [-0.2, 0) is 28.6 Å². The highest BCUT2D eigenvalue weighted by Gasteiger charge is 2.19. The van der Waals surface area contributed by atoms with Crippen LogP contribution >= 0.6 is 0 Å². The van der Waals surface area contributed by atoms with Crippen molar-refractivity contribution in [1.29, 1.82) is 0 Å². The first kappa shape index (κ1) is 60.1. The van der Waals surface area contributed by atoms with Crippen LogP contribution in [0.4, 0.5) is 0 Å². The van der Waals surface area contributed by atoms with Crippen molar-refractivity contribution in [1.82, 2.24) is 0 Å². The zero-order chi connectivity index (χ0) is 45.8. The summed E-state index contributed by atoms with van der Waals surface area (Å²) in [5, 5.41) is 0. The highest BCUT2D eigenvalue weighted by Crippen LogP contribution is 2.16. The molecule has 0 aromatic carbocycles. The molecule has 0 amide bonds. The molecule has 0 bridgehead atoms. The predicted octanol–water partition coefficient (Wildman–Crippen LogP) is 17.6. The quantitative estimate of drug-likeness (QED) is 0.0199. The third kappa shape index (κ3) is 50.0. The Labute approximate surface area is 390 Å². The summed E-state index contributed by atoms with van der Waals surface area (Å²) < 4.78 is 16.7. The Hall–Kier alpha value is -2.89. The molecule has 6 heteroatoms. The van der Waals surface area contributed by atoms with Crippen molar-refractivity contribution < 1.29 is 28.6 Å². The lowest BCUT2D eigenvalue weighted by Crippen LogP contribution is -2.30. The zero-order valence-electron chi connectivity index (χ0n) is 41.6. The Kier molecular flexibility index (Phi) is 49.4. The van der Waals surface area contributed by atoms with E-state index in [1.165, 1.54) is 167 Å². The van der Waals surface area contributed by atoms with Crippen LogP contribution in [-0.4, -0.2) is 37.2 Å². The maximum atomic E-state index is 12.8. The summed E-state index contributed by atoms with van der Waals surface area (Å²) in [4.78, 5) is 37.9. The number of esters is 3. The molecule has 1 atom stereocenters. The summed E-state index contributed by atoms with van der Waals surface area (Å²) in [5.74, 6) is -1.03. The van der Waals surface area contributed by atoms with Crippen molar-refractivity contribution in [3.63, 3.8) is 0 Å². The van der Waals surface area contributed by atoms with Crippen LogP contribution in [0.2, 0.25) is 0 Å². The lowest BCUT2D eigenvalue weighted by Gasteiger charge is -2.18. The molecule has 0 aromatic heterocycles. The molecule has 0 aliphatic carbocycles. The molecule has 0 N–H and O–H groups in total. The van der Waals surface area contributed by atoms with E-state index in [0.717, 1.165) is 57.8 Å². The third-order valence-corrected chi connectivity index (χ3v) is 11.6. The SMILES string of the molecule is CC/C=C\C/C=C\C/C=C\CC(=O)OCC(COC(=O)CCCCCCCCCCCC/C=C\C=C/CCCCC)OC(=O)CCCCCCCCCCCCCCCCCCC. The second kappa shape index (κ2) is 51.7. The van der Waals surface area contributed by atoms with Gasteiger partial charge < -0.3 is 14.2 Å². The number of allylic oxidation sites excluding steroid dienone is 9. The summed E-state index contributed by atoms with van der Waals surface area (Å²) in [7, 11) is 0. The highest BCUT2D eigenvalue weighted by atomic mass is 16.6. The van der Waals surface area contributed by atoms with E-state index in [0.29, 0.717) is 12.8 Å². The molecular weight excluding hydrogens is 781 g/mol. The number of carbonyl (C=O) groups excluding carboxylic acids is 3. The Bertz CT molecular complexity index is 1150. The van der Waals surface area contributed by atoms with Gasteiger partial charge in [-0.1, -0.05) is 248 Å². The molecule has 364 valence electrons. The molecule has 0 heterocycles. The second-order valence-electron chi connectivity index (χ2n) is 17.8. The van der Waals surface area contributed by atoms with E-state index in [9.17, 15) is 14.4 Å². The van der Waals surface area contributed by atoms with E-state index >= 15 is 0 Å². The molecule has 0 radical (unpaired) electrons. The van der Waals surface area contributed by atoms with Gasteiger partial charge in [0.05, 0.1) is 6.42 Å². The monoisotopic (exact) mass is 881 g/mol. The van der Waals surface area contributed by atoms with Gasteiger partial charge in [0, 0.05) is 12.8 Å². The van der Waals surface area contributed by atoms with Crippen molar-refractivity contribution in [3.8, 4) is 0 Å². The predicted molar refractivity (Wildman–Crippen MR) is 270 cm³/mol. The average molecular weight is 881 g/mol. The molecule has 0 aromatic rings. The van der Waals surface area contributed by atoms with Crippen LogP contribution < -0.4 is 0 Å². The molecule has 0 aliphatic rings. The molecule has 1 unspecified atom stereocenters. The molecule has 0 fully saturated rings. The van der Waals surface area contributed by atoms with E-state index in [1.54, 1.807) is 6.08 Å². The molecule has 0 saturated carbocycles. The number of unbranched alkanes of at least 4 members (excludes halogenated alkanes) is 29. The van der Waals surface area contributed by atoms with Gasteiger partial charge >= 0.3 is 17.9 Å². The van der Waals surface area contributed by atoms with Crippen LogP contribution in [0.25, 0.3) is 0 Å². The first-order chi connectivity index (χ1) is 31.0. The molecule has 0 saturated heterocycles. The largest absolute Gasteiger partial charge is 0.462 e. The van der Waals surface area contributed by atoms with Crippen LogP contribution in [0.15, 0.2) is 60.8 Å². The van der Waals surface area contributed by atoms with Gasteiger partial charge in [0.1, 0.15) is 13.2 Å². The first-order valence-corrected chi connectivity index (χ1v) is 26.8. The molecular formula is C57H100O6. The number of rotatable bonds is 48. The minimum Gasteiger partial charge on any atom is -0.462 e. The Balaban J connectivity index is 4.31. The molecule has 0 rings (SSSR count). The maximum Gasteiger partial charge on any atom is 0.309 e. The standard InChI is InChI=1S/C57H100O6/c1-4-7-10-13-16-19-21-23-25-27-28-30-31-33-35-38-41-44-47-50-56(59)62-53-54(52-61-55(58)49-46-43-40-37-18-15-12-9-6-3)63-57(60)51-48-45-42-39-36-34-32-29-26-24-22-20-17-14-11-8-5-2/h9,12,16,18-19,21,23,37,43,46,54H,4-8,10-11,13-15,17,20,22,24-36,38-42,44-45,47-53H2,1-3H3/b12-9-,19-16-,23-21-,37-18-,46-43-. The number of carbonyl (C=O) groups is 3. The van der Waals surface area contributed by atoms with Gasteiger partial charge in [-0.15, -0.1) is 0 Å². The van der Waals surface area contributed by atoms with Crippen LogP contribution in [0.1, 0.15) is 265 Å². The molecule has 6 nitrogen and oxygen atoms in total. The Morgan fingerprint density at radius 2 is 0.714 bits per heavy atom. The summed E-state index contributed by atoms with van der Waals surface area (Å²) in [6, 6.07) is 0. The van der Waals surface area contributed by atoms with Gasteiger partial charge in [-0.05, 0) is 57.8 Å². The molecule has 0 spiro atoms. The Morgan fingerprint density at radius 3 is 1.17 bits per heavy atom. The number of hydrogen-bond acceptors (Lipinski definition) is 6. The average Bonchev–Trinajstić information content (AvgIpc) is 3.28. The Morgan fingerprint density at radius 1 is 0.365 bits per heavy atom. The third-order valence-electron chi connectivity index (χ3n) is 11.6. The van der Waals surface area contributed by atoms with Crippen LogP contribution in [0, 0.1) is 0 Å². The van der Waals surface area contributed by atoms with Crippen LogP contribution in [0.3, 0.4) is 0 Å². The summed E-state index contributed by atoms with van der Waals surface area (Å²) in [5.41, 5.74) is 0. The van der Waals surface area contributed by atoms with E-state index in [1.807, 2.05) is 6.08 Å². The highest BCUT2D eigenvalue weighted by molar-refractivity contribution is 5.72. The van der Waals surface area contributed by atoms with E-state index in [4.69, 9.17) is 14.2 Å². The van der Waals surface area contributed by atoms with Crippen molar-refractivity contribution >= 4 is 17.9 Å². The fourth-order valence-electron chi connectivity index (χ4n) is 7.55. The molecule has 63 heavy (non-hydrogen) atoms. The smallest absolute Gasteiger partial charge is 0.309 e. The summed E-state index contributed by atoms with van der Waals surface area (Å²) >= 11 is 0. The number of hydrogen-bond donors (Lipinski definition) is 0. The van der Waals surface area contributed by atoms with Gasteiger partial charge in [-0.3, -0.25) is 14.4 Å². The fourth-order valence-corrected chi connectivity index (χ4v) is 7.55. The number of ether oxygens (including phenoxy) is 3. The first-order valence-electron chi connectivity index (χ1n) is 26.8. The van der Waals surface area contributed by atoms with Crippen molar-refractivity contribution in [2.75, 3.05) is 13.2 Å². The van der Waals surface area contributed by atoms with Crippen molar-refractivity contribution in [2.24, 2.45) is 0 Å². The minimum absolute atomic E-state index is 0.101. The van der Waals surface area contributed by atoms with Gasteiger partial charge in [0.2, 0.25) is 0 Å². The molecule has 0 aliphatic heterocycles. The lowest BCUT2D eigenvalue weighted by atomic mass is 10.0. The van der Waals surface area contributed by atoms with Gasteiger partial charge in [0.25, 0.3) is 0 Å².